The smallest absolute Gasteiger partial charge is 0.122 e. The van der Waals surface area contributed by atoms with Crippen molar-refractivity contribution in [3.63, 3.8) is 0 Å². The second kappa shape index (κ2) is 5.00. The lowest BCUT2D eigenvalue weighted by Gasteiger charge is -2.31. The van der Waals surface area contributed by atoms with Gasteiger partial charge in [0.2, 0.25) is 0 Å². The van der Waals surface area contributed by atoms with Gasteiger partial charge in [-0.3, -0.25) is 4.90 Å². The van der Waals surface area contributed by atoms with Crippen molar-refractivity contribution in [2.75, 3.05) is 26.8 Å². The van der Waals surface area contributed by atoms with Gasteiger partial charge in [0.05, 0.1) is 12.7 Å². The largest absolute Gasteiger partial charge is 0.382 e. The van der Waals surface area contributed by atoms with Crippen molar-refractivity contribution >= 4 is 0 Å². The Morgan fingerprint density at radius 2 is 2.54 bits per heavy atom. The highest BCUT2D eigenvalue weighted by atomic mass is 16.5. The summed E-state index contributed by atoms with van der Waals surface area (Å²) in [4.78, 5) is 2.13. The second-order valence-electron chi connectivity index (χ2n) is 3.42. The molecule has 0 spiro atoms. The topological polar surface area (TPSA) is 36.3 Å². The zero-order valence-electron chi connectivity index (χ0n) is 8.12. The molecule has 1 fully saturated rings. The Labute approximate surface area is 79.6 Å². The van der Waals surface area contributed by atoms with Gasteiger partial charge >= 0.3 is 0 Å². The number of hydrogen-bond acceptors (Lipinski definition) is 3. The summed E-state index contributed by atoms with van der Waals surface area (Å²) >= 11 is 0. The van der Waals surface area contributed by atoms with E-state index in [1.807, 2.05) is 0 Å². The van der Waals surface area contributed by atoms with Crippen LogP contribution in [0.25, 0.3) is 0 Å². The number of hydrogen-bond donors (Lipinski definition) is 0. The van der Waals surface area contributed by atoms with E-state index >= 15 is 0 Å². The highest BCUT2D eigenvalue weighted by Crippen LogP contribution is 2.15. The Balaban J connectivity index is 2.48. The first-order valence-electron chi connectivity index (χ1n) is 4.57. The third kappa shape index (κ3) is 2.83. The monoisotopic (exact) mass is 180 g/mol. The molecule has 1 heterocycles. The van der Waals surface area contributed by atoms with Crippen LogP contribution < -0.4 is 0 Å². The molecule has 3 heteroatoms. The Bertz CT molecular complexity index is 219. The minimum Gasteiger partial charge on any atom is -0.382 e. The van der Waals surface area contributed by atoms with E-state index in [9.17, 15) is 0 Å². The number of rotatable bonds is 3. The van der Waals surface area contributed by atoms with E-state index in [1.165, 1.54) is 5.57 Å². The van der Waals surface area contributed by atoms with Gasteiger partial charge in [-0.1, -0.05) is 12.2 Å². The molecule has 1 unspecified atom stereocenters. The van der Waals surface area contributed by atoms with Crippen LogP contribution in [-0.4, -0.2) is 37.7 Å². The van der Waals surface area contributed by atoms with Crippen molar-refractivity contribution in [1.82, 2.24) is 4.90 Å². The van der Waals surface area contributed by atoms with Gasteiger partial charge in [0.25, 0.3) is 0 Å². The fourth-order valence-electron chi connectivity index (χ4n) is 1.63. The average Bonchev–Trinajstić information content (AvgIpc) is 2.14. The van der Waals surface area contributed by atoms with Crippen molar-refractivity contribution < 1.29 is 4.74 Å². The molecule has 0 radical (unpaired) electrons. The predicted molar refractivity (Wildman–Crippen MR) is 51.2 cm³/mol. The lowest BCUT2D eigenvalue weighted by atomic mass is 10.1. The van der Waals surface area contributed by atoms with Crippen LogP contribution >= 0.6 is 0 Å². The molecule has 3 nitrogen and oxygen atoms in total. The first kappa shape index (κ1) is 10.2. The third-order valence-corrected chi connectivity index (χ3v) is 2.32. The molecular formula is C10H16N2O. The zero-order chi connectivity index (χ0) is 9.68. The second-order valence-corrected chi connectivity index (χ2v) is 3.42. The van der Waals surface area contributed by atoms with Gasteiger partial charge in [-0.05, 0) is 12.8 Å². The quantitative estimate of drug-likeness (QED) is 0.612. The molecule has 1 atom stereocenters. The first-order chi connectivity index (χ1) is 6.27. The third-order valence-electron chi connectivity index (χ3n) is 2.32. The van der Waals surface area contributed by atoms with Crippen molar-refractivity contribution in [1.29, 1.82) is 5.26 Å². The van der Waals surface area contributed by atoms with Gasteiger partial charge in [-0.2, -0.15) is 5.26 Å². The summed E-state index contributed by atoms with van der Waals surface area (Å²) in [6.07, 6.45) is 2.21. The summed E-state index contributed by atoms with van der Waals surface area (Å²) in [5, 5.41) is 8.89. The van der Waals surface area contributed by atoms with E-state index < -0.39 is 0 Å². The molecule has 0 N–H and O–H groups in total. The average molecular weight is 180 g/mol. The lowest BCUT2D eigenvalue weighted by Crippen LogP contribution is -2.41. The first-order valence-corrected chi connectivity index (χ1v) is 4.57. The maximum Gasteiger partial charge on any atom is 0.122 e. The molecular weight excluding hydrogens is 164 g/mol. The summed E-state index contributed by atoms with van der Waals surface area (Å²) in [6.45, 7) is 6.27. The molecule has 1 saturated heterocycles. The Hall–Kier alpha value is -0.850. The number of nitriles is 1. The zero-order valence-corrected chi connectivity index (χ0v) is 8.12. The van der Waals surface area contributed by atoms with Crippen LogP contribution in [0.15, 0.2) is 12.2 Å². The Kier molecular flexibility index (Phi) is 3.94. The van der Waals surface area contributed by atoms with Gasteiger partial charge in [0, 0.05) is 20.2 Å². The number of methoxy groups -OCH3 is 1. The molecule has 1 rings (SSSR count). The highest BCUT2D eigenvalue weighted by Gasteiger charge is 2.21. The van der Waals surface area contributed by atoms with E-state index in [-0.39, 0.29) is 6.04 Å². The van der Waals surface area contributed by atoms with Crippen molar-refractivity contribution in [3.8, 4) is 6.07 Å². The number of piperidine rings is 1. The van der Waals surface area contributed by atoms with Gasteiger partial charge in [0.15, 0.2) is 0 Å². The van der Waals surface area contributed by atoms with Gasteiger partial charge in [0.1, 0.15) is 6.04 Å². The molecule has 1 aliphatic heterocycles. The minimum absolute atomic E-state index is 0.109. The molecule has 0 aliphatic carbocycles. The standard InChI is InChI=1S/C10H16N2O/c1-9-4-3-5-12(7-9)10(6-11)8-13-2/h10H,1,3-5,7-8H2,2H3. The molecule has 0 aromatic carbocycles. The van der Waals surface area contributed by atoms with Crippen molar-refractivity contribution in [3.05, 3.63) is 12.2 Å². The van der Waals surface area contributed by atoms with Crippen molar-refractivity contribution in [2.45, 2.75) is 18.9 Å². The molecule has 72 valence electrons. The van der Waals surface area contributed by atoms with Crippen LogP contribution in [-0.2, 0) is 4.74 Å². The van der Waals surface area contributed by atoms with Gasteiger partial charge in [-0.15, -0.1) is 0 Å². The van der Waals surface area contributed by atoms with Crippen LogP contribution in [0.2, 0.25) is 0 Å². The van der Waals surface area contributed by atoms with Gasteiger partial charge in [-0.25, -0.2) is 0 Å². The lowest BCUT2D eigenvalue weighted by molar-refractivity contribution is 0.115. The number of ether oxygens (including phenoxy) is 1. The van der Waals surface area contributed by atoms with E-state index in [1.54, 1.807) is 7.11 Å². The fourth-order valence-corrected chi connectivity index (χ4v) is 1.63. The molecule has 0 saturated carbocycles. The predicted octanol–water partition coefficient (Wildman–Crippen LogP) is 1.18. The summed E-state index contributed by atoms with van der Waals surface area (Å²) in [6, 6.07) is 2.14. The summed E-state index contributed by atoms with van der Waals surface area (Å²) < 4.78 is 4.99. The summed E-state index contributed by atoms with van der Waals surface area (Å²) in [5.41, 5.74) is 1.22. The maximum absolute atomic E-state index is 8.89. The van der Waals surface area contributed by atoms with Crippen LogP contribution in [0.5, 0.6) is 0 Å². The molecule has 0 aromatic heterocycles. The summed E-state index contributed by atoms with van der Waals surface area (Å²) in [7, 11) is 1.63. The highest BCUT2D eigenvalue weighted by molar-refractivity contribution is 5.05. The molecule has 13 heavy (non-hydrogen) atoms. The molecule has 0 amide bonds. The molecule has 1 aliphatic rings. The number of nitrogens with zero attached hydrogens (tertiary/aromatic N) is 2. The van der Waals surface area contributed by atoms with Gasteiger partial charge < -0.3 is 4.74 Å². The number of likely N-dealkylation sites (tertiary alicyclic amines) is 1. The minimum atomic E-state index is -0.109. The van der Waals surface area contributed by atoms with Crippen LogP contribution in [0, 0.1) is 11.3 Å². The van der Waals surface area contributed by atoms with Crippen LogP contribution in [0.4, 0.5) is 0 Å². The van der Waals surface area contributed by atoms with E-state index in [4.69, 9.17) is 10.00 Å². The van der Waals surface area contributed by atoms with Crippen LogP contribution in [0.1, 0.15) is 12.8 Å². The van der Waals surface area contributed by atoms with E-state index in [0.717, 1.165) is 25.9 Å². The normalized spacial score (nSPS) is 21.1. The fraction of sp³-hybridized carbons (Fsp3) is 0.700. The maximum atomic E-state index is 8.89. The Morgan fingerprint density at radius 1 is 1.77 bits per heavy atom. The van der Waals surface area contributed by atoms with E-state index in [2.05, 4.69) is 17.5 Å². The molecule has 0 aromatic rings. The molecule has 0 bridgehead atoms. The summed E-state index contributed by atoms with van der Waals surface area (Å²) in [5.74, 6) is 0. The van der Waals surface area contributed by atoms with E-state index in [0.29, 0.717) is 6.61 Å². The van der Waals surface area contributed by atoms with Crippen molar-refractivity contribution in [2.24, 2.45) is 0 Å². The Morgan fingerprint density at radius 3 is 3.08 bits per heavy atom. The SMILES string of the molecule is C=C1CCCN(C(C#N)COC)C1. The van der Waals surface area contributed by atoms with Crippen LogP contribution in [0.3, 0.4) is 0 Å².